The van der Waals surface area contributed by atoms with Gasteiger partial charge in [0.15, 0.2) is 0 Å². The number of amides is 1. The Morgan fingerprint density at radius 2 is 2.24 bits per heavy atom. The Labute approximate surface area is 128 Å². The summed E-state index contributed by atoms with van der Waals surface area (Å²) in [5.74, 6) is 0.472. The van der Waals surface area contributed by atoms with Crippen LogP contribution in [-0.4, -0.2) is 41.6 Å². The predicted octanol–water partition coefficient (Wildman–Crippen LogP) is 0.847. The highest BCUT2D eigenvalue weighted by molar-refractivity contribution is 7.99. The summed E-state index contributed by atoms with van der Waals surface area (Å²) in [4.78, 5) is 22.2. The van der Waals surface area contributed by atoms with Crippen molar-refractivity contribution in [2.75, 3.05) is 18.6 Å². The first-order valence-corrected chi connectivity index (χ1v) is 7.64. The number of rotatable bonds is 9. The Morgan fingerprint density at radius 3 is 2.90 bits per heavy atom. The molecule has 0 bridgehead atoms. The van der Waals surface area contributed by atoms with E-state index in [0.29, 0.717) is 18.7 Å². The maximum Gasteiger partial charge on any atom is 0.320 e. The molecule has 6 nitrogen and oxygen atoms in total. The lowest BCUT2D eigenvalue weighted by Gasteiger charge is -2.08. The number of carbonyl (C=O) groups is 2. The average molecular weight is 312 g/mol. The molecule has 1 rings (SSSR count). The molecule has 0 radical (unpaired) electrons. The Balaban J connectivity index is 2.20. The third kappa shape index (κ3) is 7.01. The molecule has 0 spiro atoms. The smallest absolute Gasteiger partial charge is 0.320 e. The van der Waals surface area contributed by atoms with Crippen LogP contribution in [0.4, 0.5) is 0 Å². The summed E-state index contributed by atoms with van der Waals surface area (Å²) in [5, 5.41) is 11.4. The van der Waals surface area contributed by atoms with Crippen LogP contribution in [0.15, 0.2) is 24.3 Å². The lowest BCUT2D eigenvalue weighted by atomic mass is 10.2. The number of carboxylic acids is 1. The fraction of sp³-hybridized carbons (Fsp3) is 0.429. The van der Waals surface area contributed by atoms with Gasteiger partial charge in [0.1, 0.15) is 11.8 Å². The van der Waals surface area contributed by atoms with Crippen molar-refractivity contribution < 1.29 is 19.4 Å². The molecule has 0 aromatic heterocycles. The zero-order chi connectivity index (χ0) is 15.7. The average Bonchev–Trinajstić information content (AvgIpc) is 2.49. The second kappa shape index (κ2) is 9.25. The summed E-state index contributed by atoms with van der Waals surface area (Å²) < 4.78 is 5.11. The van der Waals surface area contributed by atoms with E-state index in [0.717, 1.165) is 11.3 Å². The quantitative estimate of drug-likeness (QED) is 0.584. The fourth-order valence-electron chi connectivity index (χ4n) is 1.53. The lowest BCUT2D eigenvalue weighted by Crippen LogP contribution is -2.31. The number of methoxy groups -OCH3 is 1. The van der Waals surface area contributed by atoms with Crippen molar-refractivity contribution in [3.63, 3.8) is 0 Å². The molecule has 1 amide bonds. The summed E-state index contributed by atoms with van der Waals surface area (Å²) in [6.07, 6.45) is 0.350. The van der Waals surface area contributed by atoms with E-state index in [-0.39, 0.29) is 11.7 Å². The SMILES string of the molecule is COc1cccc(CNC(=O)CSCCC(N)C(=O)O)c1. The standard InChI is InChI=1S/C14H20N2O4S/c1-20-11-4-2-3-10(7-11)8-16-13(17)9-21-6-5-12(15)14(18)19/h2-4,7,12H,5-6,8-9,15H2,1H3,(H,16,17)(H,18,19). The molecule has 1 unspecified atom stereocenters. The molecule has 116 valence electrons. The second-order valence-corrected chi connectivity index (χ2v) is 5.52. The molecule has 0 aliphatic heterocycles. The number of aliphatic carboxylic acids is 1. The molecule has 1 atom stereocenters. The van der Waals surface area contributed by atoms with E-state index in [1.807, 2.05) is 24.3 Å². The van der Waals surface area contributed by atoms with Crippen LogP contribution in [0.2, 0.25) is 0 Å². The van der Waals surface area contributed by atoms with Gasteiger partial charge >= 0.3 is 5.97 Å². The van der Waals surface area contributed by atoms with Gasteiger partial charge in [0.25, 0.3) is 0 Å². The van der Waals surface area contributed by atoms with Gasteiger partial charge in [0.05, 0.1) is 12.9 Å². The van der Waals surface area contributed by atoms with Crippen molar-refractivity contribution in [2.45, 2.75) is 19.0 Å². The normalized spacial score (nSPS) is 11.7. The molecule has 4 N–H and O–H groups in total. The van der Waals surface area contributed by atoms with Gasteiger partial charge in [-0.15, -0.1) is 0 Å². The summed E-state index contributed by atoms with van der Waals surface area (Å²) in [7, 11) is 1.59. The monoisotopic (exact) mass is 312 g/mol. The minimum atomic E-state index is -1.02. The number of hydrogen-bond donors (Lipinski definition) is 3. The van der Waals surface area contributed by atoms with Gasteiger partial charge in [-0.2, -0.15) is 11.8 Å². The number of nitrogens with one attached hydrogen (secondary N) is 1. The molecule has 0 fully saturated rings. The Hall–Kier alpha value is -1.73. The highest BCUT2D eigenvalue weighted by Gasteiger charge is 2.11. The Bertz CT molecular complexity index is 482. The van der Waals surface area contributed by atoms with Gasteiger partial charge in [-0.05, 0) is 29.9 Å². The van der Waals surface area contributed by atoms with E-state index in [1.165, 1.54) is 11.8 Å². The molecular formula is C14H20N2O4S. The topological polar surface area (TPSA) is 102 Å². The maximum absolute atomic E-state index is 11.6. The first kappa shape index (κ1) is 17.3. The van der Waals surface area contributed by atoms with Crippen molar-refractivity contribution in [2.24, 2.45) is 5.73 Å². The molecule has 1 aromatic carbocycles. The number of carboxylic acid groups (broad SMARTS) is 1. The Morgan fingerprint density at radius 1 is 1.48 bits per heavy atom. The van der Waals surface area contributed by atoms with Crippen LogP contribution in [0, 0.1) is 0 Å². The highest BCUT2D eigenvalue weighted by atomic mass is 32.2. The zero-order valence-corrected chi connectivity index (χ0v) is 12.7. The van der Waals surface area contributed by atoms with E-state index in [9.17, 15) is 9.59 Å². The van der Waals surface area contributed by atoms with E-state index in [2.05, 4.69) is 5.32 Å². The van der Waals surface area contributed by atoms with Crippen molar-refractivity contribution in [1.82, 2.24) is 5.32 Å². The van der Waals surface area contributed by atoms with Crippen LogP contribution in [0.3, 0.4) is 0 Å². The number of hydrogen-bond acceptors (Lipinski definition) is 5. The molecule has 7 heteroatoms. The third-order valence-electron chi connectivity index (χ3n) is 2.75. The number of carbonyl (C=O) groups excluding carboxylic acids is 1. The molecule has 0 heterocycles. The first-order valence-electron chi connectivity index (χ1n) is 6.48. The number of ether oxygens (including phenoxy) is 1. The van der Waals surface area contributed by atoms with Gasteiger partial charge in [0.2, 0.25) is 5.91 Å². The molecule has 0 saturated carbocycles. The van der Waals surface area contributed by atoms with Crippen molar-refractivity contribution >= 4 is 23.6 Å². The largest absolute Gasteiger partial charge is 0.497 e. The number of nitrogens with two attached hydrogens (primary N) is 1. The first-order chi connectivity index (χ1) is 10.0. The second-order valence-electron chi connectivity index (χ2n) is 4.41. The zero-order valence-electron chi connectivity index (χ0n) is 11.9. The maximum atomic E-state index is 11.6. The molecule has 1 aromatic rings. The number of thioether (sulfide) groups is 1. The highest BCUT2D eigenvalue weighted by Crippen LogP contribution is 2.12. The molecule has 0 aliphatic carbocycles. The van der Waals surface area contributed by atoms with Gasteiger partial charge in [-0.25, -0.2) is 0 Å². The van der Waals surface area contributed by atoms with Crippen molar-refractivity contribution in [3.8, 4) is 5.75 Å². The van der Waals surface area contributed by atoms with Crippen LogP contribution in [0.1, 0.15) is 12.0 Å². The van der Waals surface area contributed by atoms with Crippen LogP contribution >= 0.6 is 11.8 Å². The molecule has 0 aliphatic rings. The number of benzene rings is 1. The fourth-order valence-corrected chi connectivity index (χ4v) is 2.39. The van der Waals surface area contributed by atoms with Crippen LogP contribution in [0.25, 0.3) is 0 Å². The molecule has 0 saturated heterocycles. The summed E-state index contributed by atoms with van der Waals surface area (Å²) in [6.45, 7) is 0.436. The van der Waals surface area contributed by atoms with Gasteiger partial charge < -0.3 is 20.9 Å². The summed E-state index contributed by atoms with van der Waals surface area (Å²) in [6, 6.07) is 6.61. The van der Waals surface area contributed by atoms with E-state index >= 15 is 0 Å². The van der Waals surface area contributed by atoms with Crippen LogP contribution < -0.4 is 15.8 Å². The minimum Gasteiger partial charge on any atom is -0.497 e. The van der Waals surface area contributed by atoms with E-state index in [1.54, 1.807) is 7.11 Å². The van der Waals surface area contributed by atoms with Crippen molar-refractivity contribution in [3.05, 3.63) is 29.8 Å². The van der Waals surface area contributed by atoms with Crippen LogP contribution in [0.5, 0.6) is 5.75 Å². The summed E-state index contributed by atoms with van der Waals surface area (Å²) in [5.41, 5.74) is 6.33. The molecular weight excluding hydrogens is 292 g/mol. The van der Waals surface area contributed by atoms with Crippen molar-refractivity contribution in [1.29, 1.82) is 0 Å². The Kier molecular flexibility index (Phi) is 7.63. The van der Waals surface area contributed by atoms with Gasteiger partial charge in [0, 0.05) is 6.54 Å². The van der Waals surface area contributed by atoms with E-state index < -0.39 is 12.0 Å². The van der Waals surface area contributed by atoms with E-state index in [4.69, 9.17) is 15.6 Å². The molecule has 21 heavy (non-hydrogen) atoms. The minimum absolute atomic E-state index is 0.0910. The lowest BCUT2D eigenvalue weighted by molar-refractivity contribution is -0.138. The van der Waals surface area contributed by atoms with Gasteiger partial charge in [-0.1, -0.05) is 12.1 Å². The van der Waals surface area contributed by atoms with Gasteiger partial charge in [-0.3, -0.25) is 9.59 Å². The van der Waals surface area contributed by atoms with Crippen LogP contribution in [-0.2, 0) is 16.1 Å². The third-order valence-corrected chi connectivity index (χ3v) is 3.74. The summed E-state index contributed by atoms with van der Waals surface area (Å²) >= 11 is 1.37. The predicted molar refractivity (Wildman–Crippen MR) is 82.4 cm³/mol.